The number of likely N-dealkylation sites (N-methyl/N-ethyl adjacent to an activating group) is 1. The fraction of sp³-hybridized carbons (Fsp3) is 0.400. The summed E-state index contributed by atoms with van der Waals surface area (Å²) in [5.74, 6) is 0.406. The standard InChI is InChI=1S/C15H17BrN2O/c1-17-14(12-7-9-19-15(12)16)11-6-2-4-10-5-3-8-18-13(10)11/h3,5,7-9,11,14,17H,2,4,6H2,1H3. The SMILES string of the molecule is CNC(c1ccoc1Br)C1CCCc2cccnc21. The molecule has 2 aromatic heterocycles. The molecule has 2 heterocycles. The van der Waals surface area contributed by atoms with Gasteiger partial charge in [-0.25, -0.2) is 0 Å². The van der Waals surface area contributed by atoms with E-state index >= 15 is 0 Å². The predicted octanol–water partition coefficient (Wildman–Crippen LogP) is 3.82. The summed E-state index contributed by atoms with van der Waals surface area (Å²) in [5.41, 5.74) is 3.80. The largest absolute Gasteiger partial charge is 0.457 e. The molecule has 2 unspecified atom stereocenters. The molecule has 0 aromatic carbocycles. The first-order valence-electron chi connectivity index (χ1n) is 6.65. The highest BCUT2D eigenvalue weighted by Crippen LogP contribution is 2.41. The van der Waals surface area contributed by atoms with Crippen LogP contribution in [0.2, 0.25) is 0 Å². The van der Waals surface area contributed by atoms with Crippen LogP contribution in [0.3, 0.4) is 0 Å². The van der Waals surface area contributed by atoms with E-state index in [1.807, 2.05) is 25.4 Å². The van der Waals surface area contributed by atoms with Crippen molar-refractivity contribution in [1.29, 1.82) is 0 Å². The molecule has 2 atom stereocenters. The number of hydrogen-bond donors (Lipinski definition) is 1. The molecule has 0 aliphatic heterocycles. The lowest BCUT2D eigenvalue weighted by molar-refractivity contribution is 0.409. The van der Waals surface area contributed by atoms with E-state index in [1.165, 1.54) is 23.2 Å². The maximum atomic E-state index is 5.38. The molecule has 0 bridgehead atoms. The van der Waals surface area contributed by atoms with Crippen molar-refractivity contribution in [2.24, 2.45) is 0 Å². The third-order valence-corrected chi connectivity index (χ3v) is 4.58. The van der Waals surface area contributed by atoms with Crippen molar-refractivity contribution in [2.45, 2.75) is 31.2 Å². The molecular weight excluding hydrogens is 304 g/mol. The molecule has 0 saturated heterocycles. The van der Waals surface area contributed by atoms with E-state index in [1.54, 1.807) is 6.26 Å². The van der Waals surface area contributed by atoms with Crippen LogP contribution in [0.25, 0.3) is 0 Å². The van der Waals surface area contributed by atoms with Crippen LogP contribution in [-0.2, 0) is 6.42 Å². The Morgan fingerprint density at radius 3 is 3.11 bits per heavy atom. The quantitative estimate of drug-likeness (QED) is 0.934. The van der Waals surface area contributed by atoms with Crippen LogP contribution in [0.1, 0.15) is 41.6 Å². The van der Waals surface area contributed by atoms with Crippen LogP contribution in [0, 0.1) is 0 Å². The second kappa shape index (κ2) is 5.47. The van der Waals surface area contributed by atoms with E-state index in [0.717, 1.165) is 17.5 Å². The third kappa shape index (κ3) is 2.35. The summed E-state index contributed by atoms with van der Waals surface area (Å²) in [7, 11) is 2.00. The number of halogens is 1. The van der Waals surface area contributed by atoms with Gasteiger partial charge in [-0.05, 0) is 59.9 Å². The highest BCUT2D eigenvalue weighted by molar-refractivity contribution is 9.10. The molecule has 0 spiro atoms. The average Bonchev–Trinajstić information content (AvgIpc) is 2.86. The molecule has 0 radical (unpaired) electrons. The first kappa shape index (κ1) is 12.9. The summed E-state index contributed by atoms with van der Waals surface area (Å²) in [6.45, 7) is 0. The molecular formula is C15H17BrN2O. The smallest absolute Gasteiger partial charge is 0.173 e. The molecule has 1 aliphatic rings. The molecule has 3 nitrogen and oxygen atoms in total. The fourth-order valence-corrected chi connectivity index (χ4v) is 3.56. The molecule has 1 N–H and O–H groups in total. The second-order valence-electron chi connectivity index (χ2n) is 4.96. The topological polar surface area (TPSA) is 38.1 Å². The van der Waals surface area contributed by atoms with E-state index in [-0.39, 0.29) is 6.04 Å². The Morgan fingerprint density at radius 2 is 2.37 bits per heavy atom. The molecule has 1 aliphatic carbocycles. The number of aryl methyl sites for hydroxylation is 1. The summed E-state index contributed by atoms with van der Waals surface area (Å²) in [6, 6.07) is 6.50. The van der Waals surface area contributed by atoms with Gasteiger partial charge in [-0.1, -0.05) is 6.07 Å². The Morgan fingerprint density at radius 1 is 1.47 bits per heavy atom. The minimum atomic E-state index is 0.238. The van der Waals surface area contributed by atoms with Crippen molar-refractivity contribution in [2.75, 3.05) is 7.05 Å². The lowest BCUT2D eigenvalue weighted by atomic mass is 9.80. The van der Waals surface area contributed by atoms with E-state index < -0.39 is 0 Å². The second-order valence-corrected chi connectivity index (χ2v) is 5.68. The number of fused-ring (bicyclic) bond motifs is 1. The van der Waals surface area contributed by atoms with E-state index in [4.69, 9.17) is 4.42 Å². The van der Waals surface area contributed by atoms with Crippen LogP contribution in [0.15, 0.2) is 39.7 Å². The molecule has 19 heavy (non-hydrogen) atoms. The minimum Gasteiger partial charge on any atom is -0.457 e. The van der Waals surface area contributed by atoms with Gasteiger partial charge in [0.05, 0.1) is 6.26 Å². The van der Waals surface area contributed by atoms with E-state index in [0.29, 0.717) is 5.92 Å². The van der Waals surface area contributed by atoms with Crippen LogP contribution in [0.5, 0.6) is 0 Å². The van der Waals surface area contributed by atoms with Crippen LogP contribution >= 0.6 is 15.9 Å². The summed E-state index contributed by atoms with van der Waals surface area (Å²) in [5, 5.41) is 3.43. The Kier molecular flexibility index (Phi) is 3.71. The Labute approximate surface area is 121 Å². The van der Waals surface area contributed by atoms with Gasteiger partial charge in [0.2, 0.25) is 0 Å². The van der Waals surface area contributed by atoms with Crippen LogP contribution in [-0.4, -0.2) is 12.0 Å². The first-order chi connectivity index (χ1) is 9.31. The fourth-order valence-electron chi connectivity index (χ4n) is 3.07. The van der Waals surface area contributed by atoms with Crippen molar-refractivity contribution in [3.63, 3.8) is 0 Å². The summed E-state index contributed by atoms with van der Waals surface area (Å²) in [6.07, 6.45) is 7.15. The molecule has 0 fully saturated rings. The molecule has 0 amide bonds. The van der Waals surface area contributed by atoms with Gasteiger partial charge < -0.3 is 9.73 Å². The molecule has 0 saturated carbocycles. The molecule has 2 aromatic rings. The maximum Gasteiger partial charge on any atom is 0.173 e. The Hall–Kier alpha value is -1.13. The first-order valence-corrected chi connectivity index (χ1v) is 7.44. The zero-order valence-corrected chi connectivity index (χ0v) is 12.5. The summed E-state index contributed by atoms with van der Waals surface area (Å²) < 4.78 is 6.20. The molecule has 3 rings (SSSR count). The normalized spacial score (nSPS) is 20.0. The van der Waals surface area contributed by atoms with Crippen molar-refractivity contribution in [1.82, 2.24) is 10.3 Å². The number of pyridine rings is 1. The highest BCUT2D eigenvalue weighted by atomic mass is 79.9. The van der Waals surface area contributed by atoms with Crippen molar-refractivity contribution in [3.8, 4) is 0 Å². The van der Waals surface area contributed by atoms with E-state index in [2.05, 4.69) is 32.3 Å². The summed E-state index contributed by atoms with van der Waals surface area (Å²) in [4.78, 5) is 4.62. The molecule has 100 valence electrons. The molecule has 4 heteroatoms. The Balaban J connectivity index is 2.00. The van der Waals surface area contributed by atoms with Gasteiger partial charge in [-0.15, -0.1) is 0 Å². The van der Waals surface area contributed by atoms with Gasteiger partial charge in [0.15, 0.2) is 4.67 Å². The lowest BCUT2D eigenvalue weighted by Gasteiger charge is -2.31. The van der Waals surface area contributed by atoms with Crippen molar-refractivity contribution < 1.29 is 4.42 Å². The number of rotatable bonds is 3. The third-order valence-electron chi connectivity index (χ3n) is 3.93. The van der Waals surface area contributed by atoms with Gasteiger partial charge in [-0.2, -0.15) is 0 Å². The number of nitrogens with zero attached hydrogens (tertiary/aromatic N) is 1. The van der Waals surface area contributed by atoms with Gasteiger partial charge in [0, 0.05) is 29.4 Å². The van der Waals surface area contributed by atoms with Gasteiger partial charge >= 0.3 is 0 Å². The van der Waals surface area contributed by atoms with Crippen LogP contribution < -0.4 is 5.32 Å². The zero-order chi connectivity index (χ0) is 13.2. The van der Waals surface area contributed by atoms with Crippen LogP contribution in [0.4, 0.5) is 0 Å². The lowest BCUT2D eigenvalue weighted by Crippen LogP contribution is -2.27. The number of hydrogen-bond acceptors (Lipinski definition) is 3. The van der Waals surface area contributed by atoms with E-state index in [9.17, 15) is 0 Å². The predicted molar refractivity (Wildman–Crippen MR) is 78.1 cm³/mol. The number of nitrogens with one attached hydrogen (secondary N) is 1. The zero-order valence-electron chi connectivity index (χ0n) is 10.9. The minimum absolute atomic E-state index is 0.238. The average molecular weight is 321 g/mol. The number of furan rings is 1. The van der Waals surface area contributed by atoms with Gasteiger partial charge in [-0.3, -0.25) is 4.98 Å². The van der Waals surface area contributed by atoms with Crippen molar-refractivity contribution in [3.05, 3.63) is 52.1 Å². The Bertz CT molecular complexity index is 567. The van der Waals surface area contributed by atoms with Crippen molar-refractivity contribution >= 4 is 15.9 Å². The number of aromatic nitrogens is 1. The monoisotopic (exact) mass is 320 g/mol. The highest BCUT2D eigenvalue weighted by Gasteiger charge is 2.31. The maximum absolute atomic E-state index is 5.38. The van der Waals surface area contributed by atoms with Gasteiger partial charge in [0.25, 0.3) is 0 Å². The van der Waals surface area contributed by atoms with Gasteiger partial charge in [0.1, 0.15) is 0 Å². The summed E-state index contributed by atoms with van der Waals surface area (Å²) >= 11 is 3.49.